The molecule has 0 saturated carbocycles. The molecule has 0 unspecified atom stereocenters. The van der Waals surface area contributed by atoms with Crippen LogP contribution in [-0.4, -0.2) is 40.0 Å². The molecule has 4 rings (SSSR count). The van der Waals surface area contributed by atoms with Gasteiger partial charge in [0.1, 0.15) is 11.5 Å². The van der Waals surface area contributed by atoms with Crippen molar-refractivity contribution in [2.75, 3.05) is 6.61 Å². The van der Waals surface area contributed by atoms with Crippen LogP contribution in [0.1, 0.15) is 12.1 Å². The van der Waals surface area contributed by atoms with Crippen molar-refractivity contribution in [1.29, 1.82) is 0 Å². The molecule has 3 atom stereocenters. The highest BCUT2D eigenvalue weighted by molar-refractivity contribution is 7.99. The summed E-state index contributed by atoms with van der Waals surface area (Å²) in [6, 6.07) is 5.78. The van der Waals surface area contributed by atoms with E-state index in [9.17, 15) is 22.4 Å². The lowest BCUT2D eigenvalue weighted by molar-refractivity contribution is -0.151. The van der Waals surface area contributed by atoms with Gasteiger partial charge in [-0.15, -0.1) is 0 Å². The number of halogens is 4. The number of hydrogen-bond acceptors (Lipinski definition) is 6. The molecule has 1 aromatic heterocycles. The molecule has 0 radical (unpaired) electrons. The highest BCUT2D eigenvalue weighted by Gasteiger charge is 2.44. The van der Waals surface area contributed by atoms with Gasteiger partial charge >= 0.3 is 6.18 Å². The van der Waals surface area contributed by atoms with Crippen LogP contribution in [0.2, 0.25) is 0 Å². The molecule has 27 heavy (non-hydrogen) atoms. The Morgan fingerprint density at radius 2 is 1.89 bits per heavy atom. The van der Waals surface area contributed by atoms with Crippen molar-refractivity contribution in [3.05, 3.63) is 41.8 Å². The first-order chi connectivity index (χ1) is 12.8. The number of aromatic nitrogens is 2. The lowest BCUT2D eigenvalue weighted by atomic mass is 10.1. The van der Waals surface area contributed by atoms with E-state index in [0.717, 1.165) is 30.0 Å². The first-order valence-electron chi connectivity index (χ1n) is 7.98. The van der Waals surface area contributed by atoms with Crippen LogP contribution in [0.5, 0.6) is 0 Å². The molecule has 1 aromatic carbocycles. The zero-order valence-electron chi connectivity index (χ0n) is 13.6. The third kappa shape index (κ3) is 3.83. The average Bonchev–Trinajstić information content (AvgIpc) is 3.05. The number of carbonyl (C=O) groups is 1. The van der Waals surface area contributed by atoms with Crippen LogP contribution in [0, 0.1) is 5.82 Å². The molecule has 10 heteroatoms. The summed E-state index contributed by atoms with van der Waals surface area (Å²) >= 11 is 0.948. The summed E-state index contributed by atoms with van der Waals surface area (Å²) in [5.41, 5.74) is -0.766. The van der Waals surface area contributed by atoms with Crippen LogP contribution in [0.3, 0.4) is 0 Å². The third-order valence-electron chi connectivity index (χ3n) is 4.18. The van der Waals surface area contributed by atoms with Gasteiger partial charge in [0, 0.05) is 17.2 Å². The highest BCUT2D eigenvalue weighted by atomic mass is 32.2. The molecular formula is C17H12F4N2O3S. The number of Topliss-reactive ketones (excluding diaryl/α,β-unsaturated/α-hetero) is 1. The summed E-state index contributed by atoms with van der Waals surface area (Å²) in [6.45, 7) is 0.192. The Hall–Kier alpha value is -2.04. The zero-order valence-corrected chi connectivity index (χ0v) is 14.4. The Labute approximate surface area is 155 Å². The maximum atomic E-state index is 13.3. The minimum absolute atomic E-state index is 0.0171. The lowest BCUT2D eigenvalue weighted by Gasteiger charge is -2.25. The number of thioether (sulfide) groups is 1. The van der Waals surface area contributed by atoms with Crippen LogP contribution in [0.25, 0.3) is 11.3 Å². The quantitative estimate of drug-likeness (QED) is 0.581. The third-order valence-corrected chi connectivity index (χ3v) is 5.35. The molecule has 142 valence electrons. The van der Waals surface area contributed by atoms with Gasteiger partial charge in [0.05, 0.1) is 18.4 Å². The van der Waals surface area contributed by atoms with E-state index < -0.39 is 35.3 Å². The number of benzene rings is 1. The molecule has 0 N–H and O–H groups in total. The van der Waals surface area contributed by atoms with Gasteiger partial charge in [-0.25, -0.2) is 14.4 Å². The number of alkyl halides is 3. The second kappa shape index (κ2) is 6.84. The maximum Gasteiger partial charge on any atom is 0.433 e. The van der Waals surface area contributed by atoms with Gasteiger partial charge < -0.3 is 9.47 Å². The number of rotatable bonds is 3. The van der Waals surface area contributed by atoms with E-state index in [-0.39, 0.29) is 29.7 Å². The van der Waals surface area contributed by atoms with E-state index in [1.807, 2.05) is 0 Å². The van der Waals surface area contributed by atoms with E-state index in [2.05, 4.69) is 9.97 Å². The van der Waals surface area contributed by atoms with Crippen LogP contribution in [0.15, 0.2) is 35.5 Å². The van der Waals surface area contributed by atoms with Gasteiger partial charge in [-0.05, 0) is 30.3 Å². The lowest BCUT2D eigenvalue weighted by Crippen LogP contribution is -2.37. The topological polar surface area (TPSA) is 61.3 Å². The summed E-state index contributed by atoms with van der Waals surface area (Å²) in [5.74, 6) is -0.765. The fourth-order valence-electron chi connectivity index (χ4n) is 2.85. The molecule has 0 spiro atoms. The molecule has 2 saturated heterocycles. The minimum Gasteiger partial charge on any atom is -0.343 e. The molecule has 2 aromatic rings. The van der Waals surface area contributed by atoms with E-state index in [4.69, 9.17) is 9.47 Å². The Balaban J connectivity index is 1.68. The first kappa shape index (κ1) is 18.3. The zero-order chi connectivity index (χ0) is 19.2. The molecule has 2 aliphatic heterocycles. The average molecular weight is 400 g/mol. The van der Waals surface area contributed by atoms with Crippen molar-refractivity contribution in [2.24, 2.45) is 0 Å². The van der Waals surface area contributed by atoms with Crippen LogP contribution >= 0.6 is 11.8 Å². The van der Waals surface area contributed by atoms with Crippen molar-refractivity contribution in [1.82, 2.24) is 9.97 Å². The van der Waals surface area contributed by atoms with Gasteiger partial charge in [-0.3, -0.25) is 4.79 Å². The smallest absolute Gasteiger partial charge is 0.343 e. The number of ether oxygens (including phenoxy) is 2. The first-order valence-corrected chi connectivity index (χ1v) is 8.86. The molecule has 2 fully saturated rings. The predicted octanol–water partition coefficient (Wildman–Crippen LogP) is 3.48. The van der Waals surface area contributed by atoms with Gasteiger partial charge in [0.25, 0.3) is 0 Å². The van der Waals surface area contributed by atoms with Gasteiger partial charge in [-0.2, -0.15) is 13.2 Å². The number of fused-ring (bicyclic) bond motifs is 2. The van der Waals surface area contributed by atoms with E-state index >= 15 is 0 Å². The molecule has 3 heterocycles. The summed E-state index contributed by atoms with van der Waals surface area (Å²) in [6.07, 6.45) is -5.87. The van der Waals surface area contributed by atoms with E-state index in [0.29, 0.717) is 5.56 Å². The molecule has 2 aliphatic rings. The number of nitrogens with zero attached hydrogens (tertiary/aromatic N) is 2. The Morgan fingerprint density at radius 1 is 1.15 bits per heavy atom. The highest BCUT2D eigenvalue weighted by Crippen LogP contribution is 2.37. The minimum atomic E-state index is -4.67. The summed E-state index contributed by atoms with van der Waals surface area (Å²) < 4.78 is 63.5. The molecule has 5 nitrogen and oxygen atoms in total. The Kier molecular flexibility index (Phi) is 4.65. The van der Waals surface area contributed by atoms with Crippen LogP contribution in [0.4, 0.5) is 17.6 Å². The van der Waals surface area contributed by atoms with Crippen molar-refractivity contribution in [3.8, 4) is 11.3 Å². The second-order valence-electron chi connectivity index (χ2n) is 6.09. The Morgan fingerprint density at radius 3 is 2.59 bits per heavy atom. The number of hydrogen-bond donors (Lipinski definition) is 0. The molecule has 0 amide bonds. The molecule has 2 bridgehead atoms. The van der Waals surface area contributed by atoms with Crippen LogP contribution in [-0.2, 0) is 20.4 Å². The van der Waals surface area contributed by atoms with Gasteiger partial charge in [0.15, 0.2) is 10.9 Å². The fraction of sp³-hybridized carbons (Fsp3) is 0.353. The van der Waals surface area contributed by atoms with Crippen molar-refractivity contribution in [3.63, 3.8) is 0 Å². The van der Waals surface area contributed by atoms with Gasteiger partial charge in [0.2, 0.25) is 6.29 Å². The van der Waals surface area contributed by atoms with Crippen molar-refractivity contribution >= 4 is 17.5 Å². The summed E-state index contributed by atoms with van der Waals surface area (Å²) in [4.78, 5) is 19.6. The monoisotopic (exact) mass is 400 g/mol. The van der Waals surface area contributed by atoms with Gasteiger partial charge in [-0.1, -0.05) is 11.8 Å². The summed E-state index contributed by atoms with van der Waals surface area (Å²) in [5, 5.41) is -0.572. The standard InChI is InChI=1S/C17H12F4N2O3S/c18-9-3-1-8(2-4-9)10-5-14(17(19,20)21)23-16(22-10)27-13-6-11(24)15-25-7-12(13)26-15/h1-5,12-13,15H,6-7H2/t12-,13-,15+/m1/s1. The predicted molar refractivity (Wildman–Crippen MR) is 86.3 cm³/mol. The fourth-order valence-corrected chi connectivity index (χ4v) is 3.97. The number of ketones is 1. The maximum absolute atomic E-state index is 13.3. The van der Waals surface area contributed by atoms with Crippen LogP contribution < -0.4 is 0 Å². The van der Waals surface area contributed by atoms with Crippen molar-refractivity contribution < 1.29 is 31.8 Å². The largest absolute Gasteiger partial charge is 0.433 e. The van der Waals surface area contributed by atoms with E-state index in [1.165, 1.54) is 12.1 Å². The Bertz CT molecular complexity index is 875. The number of carbonyl (C=O) groups excluding carboxylic acids is 1. The normalized spacial score (nSPS) is 25.0. The molecule has 0 aliphatic carbocycles. The molecular weight excluding hydrogens is 388 g/mol. The second-order valence-corrected chi connectivity index (χ2v) is 7.30. The van der Waals surface area contributed by atoms with E-state index in [1.54, 1.807) is 0 Å². The van der Waals surface area contributed by atoms with Crippen molar-refractivity contribution in [2.45, 2.75) is 35.4 Å². The SMILES string of the molecule is O=C1C[C@@H](Sc2nc(-c3ccc(F)cc3)cc(C(F)(F)F)n2)[C@H]2CO[C@H]1O2. The summed E-state index contributed by atoms with van der Waals surface area (Å²) in [7, 11) is 0.